The van der Waals surface area contributed by atoms with E-state index in [9.17, 15) is 0 Å². The zero-order valence-corrected chi connectivity index (χ0v) is 10.1. The van der Waals surface area contributed by atoms with Crippen LogP contribution in [0.5, 0.6) is 0 Å². The fraction of sp³-hybridized carbons (Fsp3) is 0.900. The average molecular weight is 229 g/mol. The largest absolute Gasteiger partial charge is 0.379 e. The smallest absolute Gasteiger partial charge is 0.156 e. The Morgan fingerprint density at radius 1 is 1.53 bits per heavy atom. The van der Waals surface area contributed by atoms with Crippen molar-refractivity contribution in [1.82, 2.24) is 10.2 Å². The third kappa shape index (κ3) is 3.66. The number of nitrogens with zero attached hydrogens (tertiary/aromatic N) is 2. The summed E-state index contributed by atoms with van der Waals surface area (Å²) in [6.07, 6.45) is 0. The van der Waals surface area contributed by atoms with Gasteiger partial charge in [-0.2, -0.15) is 0 Å². The Kier molecular flexibility index (Phi) is 4.29. The summed E-state index contributed by atoms with van der Waals surface area (Å²) >= 11 is 1.83. The molecule has 0 aromatic heterocycles. The molecule has 0 aromatic carbocycles. The quantitative estimate of drug-likeness (QED) is 0.760. The highest BCUT2D eigenvalue weighted by atomic mass is 32.2. The summed E-state index contributed by atoms with van der Waals surface area (Å²) in [5.41, 5.74) is 0. The van der Waals surface area contributed by atoms with Gasteiger partial charge in [0.05, 0.1) is 19.8 Å². The van der Waals surface area contributed by atoms with Crippen LogP contribution in [-0.2, 0) is 4.74 Å². The zero-order valence-electron chi connectivity index (χ0n) is 9.24. The van der Waals surface area contributed by atoms with Crippen LogP contribution in [0.15, 0.2) is 4.99 Å². The lowest BCUT2D eigenvalue weighted by Gasteiger charge is -2.25. The zero-order chi connectivity index (χ0) is 10.5. The normalized spacial score (nSPS) is 30.7. The minimum absolute atomic E-state index is 0.581. The van der Waals surface area contributed by atoms with E-state index in [4.69, 9.17) is 4.74 Å². The minimum Gasteiger partial charge on any atom is -0.379 e. The van der Waals surface area contributed by atoms with E-state index in [1.54, 1.807) is 0 Å². The Hall–Kier alpha value is -0.260. The van der Waals surface area contributed by atoms with Gasteiger partial charge >= 0.3 is 0 Å². The number of rotatable bonds is 3. The summed E-state index contributed by atoms with van der Waals surface area (Å²) in [6, 6.07) is 0.581. The van der Waals surface area contributed by atoms with Crippen molar-refractivity contribution in [2.45, 2.75) is 13.0 Å². The van der Waals surface area contributed by atoms with Gasteiger partial charge in [0.15, 0.2) is 5.17 Å². The van der Waals surface area contributed by atoms with Crippen molar-refractivity contribution >= 4 is 16.9 Å². The monoisotopic (exact) mass is 229 g/mol. The lowest BCUT2D eigenvalue weighted by atomic mass is 10.4. The fourth-order valence-corrected chi connectivity index (χ4v) is 2.67. The molecule has 1 unspecified atom stereocenters. The highest BCUT2D eigenvalue weighted by Gasteiger charge is 2.15. The molecule has 1 N–H and O–H groups in total. The van der Waals surface area contributed by atoms with Crippen LogP contribution >= 0.6 is 11.8 Å². The minimum atomic E-state index is 0.581. The Labute approximate surface area is 95.5 Å². The van der Waals surface area contributed by atoms with Crippen molar-refractivity contribution in [2.24, 2.45) is 4.99 Å². The molecule has 0 bridgehead atoms. The highest BCUT2D eigenvalue weighted by Crippen LogP contribution is 2.12. The standard InChI is InChI=1S/C10H19N3OS/c1-9-8-15-10(12-9)11-2-3-13-4-6-14-7-5-13/h9H,2-8H2,1H3,(H,11,12). The lowest BCUT2D eigenvalue weighted by Crippen LogP contribution is -2.38. The number of ether oxygens (including phenoxy) is 1. The van der Waals surface area contributed by atoms with Gasteiger partial charge < -0.3 is 10.1 Å². The van der Waals surface area contributed by atoms with E-state index in [1.807, 2.05) is 11.8 Å². The van der Waals surface area contributed by atoms with Gasteiger partial charge in [-0.3, -0.25) is 9.89 Å². The lowest BCUT2D eigenvalue weighted by molar-refractivity contribution is 0.0394. The number of amidine groups is 1. The van der Waals surface area contributed by atoms with E-state index in [1.165, 1.54) is 0 Å². The molecule has 0 radical (unpaired) electrons. The summed E-state index contributed by atoms with van der Waals surface area (Å²) in [6.45, 7) is 8.02. The van der Waals surface area contributed by atoms with E-state index in [-0.39, 0.29) is 0 Å². The second kappa shape index (κ2) is 5.72. The number of aliphatic imine (C=N–C) groups is 1. The molecule has 2 rings (SSSR count). The molecule has 0 spiro atoms. The van der Waals surface area contributed by atoms with E-state index in [0.717, 1.165) is 50.3 Å². The molecular weight excluding hydrogens is 210 g/mol. The van der Waals surface area contributed by atoms with Crippen LogP contribution < -0.4 is 5.32 Å². The van der Waals surface area contributed by atoms with Gasteiger partial charge in [0.1, 0.15) is 0 Å². The third-order valence-electron chi connectivity index (χ3n) is 2.62. The molecular formula is C10H19N3OS. The molecule has 86 valence electrons. The molecule has 4 nitrogen and oxygen atoms in total. The molecule has 0 amide bonds. The van der Waals surface area contributed by atoms with E-state index in [0.29, 0.717) is 6.04 Å². The van der Waals surface area contributed by atoms with Gasteiger partial charge in [0.25, 0.3) is 0 Å². The van der Waals surface area contributed by atoms with Crippen molar-refractivity contribution in [3.05, 3.63) is 0 Å². The third-order valence-corrected chi connectivity index (χ3v) is 3.80. The Morgan fingerprint density at radius 3 is 3.00 bits per heavy atom. The summed E-state index contributed by atoms with van der Waals surface area (Å²) in [5, 5.41) is 4.48. The van der Waals surface area contributed by atoms with Crippen LogP contribution in [0.1, 0.15) is 6.92 Å². The number of morpholine rings is 1. The molecule has 0 saturated carbocycles. The van der Waals surface area contributed by atoms with Crippen LogP contribution in [0.2, 0.25) is 0 Å². The Bertz CT molecular complexity index is 229. The van der Waals surface area contributed by atoms with Gasteiger partial charge in [-0.1, -0.05) is 11.8 Å². The molecule has 2 saturated heterocycles. The topological polar surface area (TPSA) is 36.9 Å². The molecule has 0 aromatic rings. The van der Waals surface area contributed by atoms with Crippen LogP contribution in [0, 0.1) is 0 Å². The van der Waals surface area contributed by atoms with Gasteiger partial charge in [-0.25, -0.2) is 0 Å². The molecule has 2 aliphatic heterocycles. The fourth-order valence-electron chi connectivity index (χ4n) is 1.71. The molecule has 1 atom stereocenters. The second-order valence-corrected chi connectivity index (χ2v) is 5.01. The van der Waals surface area contributed by atoms with Crippen LogP contribution in [0.4, 0.5) is 0 Å². The maximum absolute atomic E-state index is 5.30. The second-order valence-electron chi connectivity index (χ2n) is 4.00. The summed E-state index contributed by atoms with van der Waals surface area (Å²) in [4.78, 5) is 6.97. The van der Waals surface area contributed by atoms with Crippen molar-refractivity contribution in [3.8, 4) is 0 Å². The Balaban J connectivity index is 1.65. The van der Waals surface area contributed by atoms with Gasteiger partial charge in [0.2, 0.25) is 0 Å². The maximum Gasteiger partial charge on any atom is 0.156 e. The SMILES string of the molecule is CC1CSC(=NCCN2CCOCC2)N1. The predicted octanol–water partition coefficient (Wildman–Crippen LogP) is 0.400. The summed E-state index contributed by atoms with van der Waals surface area (Å²) < 4.78 is 5.30. The van der Waals surface area contributed by atoms with E-state index >= 15 is 0 Å². The van der Waals surface area contributed by atoms with E-state index < -0.39 is 0 Å². The van der Waals surface area contributed by atoms with Crippen molar-refractivity contribution in [2.75, 3.05) is 45.1 Å². The summed E-state index contributed by atoms with van der Waals surface area (Å²) in [5.74, 6) is 1.15. The van der Waals surface area contributed by atoms with Gasteiger partial charge in [-0.15, -0.1) is 0 Å². The molecule has 15 heavy (non-hydrogen) atoms. The van der Waals surface area contributed by atoms with Gasteiger partial charge in [0, 0.05) is 31.4 Å². The number of hydrogen-bond donors (Lipinski definition) is 1. The maximum atomic E-state index is 5.30. The number of hydrogen-bond acceptors (Lipinski definition) is 4. The van der Waals surface area contributed by atoms with Crippen LogP contribution in [0.3, 0.4) is 0 Å². The molecule has 0 aliphatic carbocycles. The first kappa shape index (κ1) is 11.2. The van der Waals surface area contributed by atoms with Gasteiger partial charge in [-0.05, 0) is 6.92 Å². The highest BCUT2D eigenvalue weighted by molar-refractivity contribution is 8.14. The Morgan fingerprint density at radius 2 is 2.33 bits per heavy atom. The molecule has 2 heterocycles. The molecule has 2 aliphatic rings. The first-order chi connectivity index (χ1) is 7.34. The van der Waals surface area contributed by atoms with E-state index in [2.05, 4.69) is 22.1 Å². The predicted molar refractivity (Wildman–Crippen MR) is 64.6 cm³/mol. The first-order valence-corrected chi connectivity index (χ1v) is 6.57. The first-order valence-electron chi connectivity index (χ1n) is 5.58. The average Bonchev–Trinajstić information content (AvgIpc) is 2.66. The number of nitrogens with one attached hydrogen (secondary N) is 1. The van der Waals surface area contributed by atoms with Crippen LogP contribution in [0.25, 0.3) is 0 Å². The van der Waals surface area contributed by atoms with Crippen LogP contribution in [-0.4, -0.2) is 61.3 Å². The summed E-state index contributed by atoms with van der Waals surface area (Å²) in [7, 11) is 0. The molecule has 5 heteroatoms. The van der Waals surface area contributed by atoms with Crippen molar-refractivity contribution < 1.29 is 4.74 Å². The van der Waals surface area contributed by atoms with Crippen molar-refractivity contribution in [3.63, 3.8) is 0 Å². The van der Waals surface area contributed by atoms with Crippen molar-refractivity contribution in [1.29, 1.82) is 0 Å². The number of thioether (sulfide) groups is 1. The molecule has 2 fully saturated rings.